The van der Waals surface area contributed by atoms with Gasteiger partial charge in [0.15, 0.2) is 0 Å². The fourth-order valence-corrected chi connectivity index (χ4v) is 2.86. The number of aromatic nitrogens is 2. The van der Waals surface area contributed by atoms with Gasteiger partial charge in [0.1, 0.15) is 17.3 Å². The van der Waals surface area contributed by atoms with Gasteiger partial charge >= 0.3 is 0 Å². The Labute approximate surface area is 130 Å². The van der Waals surface area contributed by atoms with Gasteiger partial charge in [0, 0.05) is 18.2 Å². The number of nitrogens with zero attached hydrogens (tertiary/aromatic N) is 2. The van der Waals surface area contributed by atoms with E-state index in [1.165, 1.54) is 0 Å². The molecule has 2 heterocycles. The smallest absolute Gasteiger partial charge is 0.270 e. The predicted octanol–water partition coefficient (Wildman–Crippen LogP) is 2.64. The van der Waals surface area contributed by atoms with E-state index in [9.17, 15) is 4.79 Å². The van der Waals surface area contributed by atoms with Crippen molar-refractivity contribution in [3.8, 4) is 17.1 Å². The van der Waals surface area contributed by atoms with Crippen LogP contribution in [0.25, 0.3) is 11.4 Å². The van der Waals surface area contributed by atoms with Crippen LogP contribution in [0.1, 0.15) is 30.0 Å². The lowest BCUT2D eigenvalue weighted by molar-refractivity contribution is 0.0883. The van der Waals surface area contributed by atoms with Crippen LogP contribution in [-0.4, -0.2) is 28.6 Å². The summed E-state index contributed by atoms with van der Waals surface area (Å²) in [4.78, 5) is 17.0. The molecule has 2 aromatic rings. The van der Waals surface area contributed by atoms with Crippen LogP contribution in [0.4, 0.5) is 0 Å². The number of aryl methyl sites for hydroxylation is 1. The van der Waals surface area contributed by atoms with Gasteiger partial charge in [0.25, 0.3) is 5.91 Å². The van der Waals surface area contributed by atoms with Crippen LogP contribution in [0.5, 0.6) is 5.75 Å². The average Bonchev–Trinajstić information content (AvgIpc) is 2.85. The Balaban J connectivity index is 2.07. The summed E-state index contributed by atoms with van der Waals surface area (Å²) in [6.45, 7) is 6.87. The van der Waals surface area contributed by atoms with E-state index in [1.54, 1.807) is 7.11 Å². The van der Waals surface area contributed by atoms with Crippen molar-refractivity contribution in [3.63, 3.8) is 0 Å². The molecule has 0 unspecified atom stereocenters. The zero-order valence-corrected chi connectivity index (χ0v) is 13.4. The van der Waals surface area contributed by atoms with Crippen molar-refractivity contribution in [2.24, 2.45) is 5.92 Å². The fourth-order valence-electron chi connectivity index (χ4n) is 2.86. The molecule has 0 bridgehead atoms. The van der Waals surface area contributed by atoms with Crippen molar-refractivity contribution >= 4 is 5.91 Å². The highest BCUT2D eigenvalue weighted by Gasteiger charge is 2.30. The number of ether oxygens (including phenoxy) is 1. The lowest BCUT2D eigenvalue weighted by Gasteiger charge is -2.29. The third-order valence-corrected chi connectivity index (χ3v) is 4.21. The number of hydrogen-bond acceptors (Lipinski definition) is 3. The predicted molar refractivity (Wildman–Crippen MR) is 85.0 cm³/mol. The third-order valence-electron chi connectivity index (χ3n) is 4.21. The maximum Gasteiger partial charge on any atom is 0.270 e. The van der Waals surface area contributed by atoms with E-state index in [2.05, 4.69) is 24.1 Å². The molecule has 1 atom stereocenters. The molecule has 1 aliphatic rings. The first-order valence-electron chi connectivity index (χ1n) is 7.53. The second kappa shape index (κ2) is 5.48. The van der Waals surface area contributed by atoms with Crippen molar-refractivity contribution in [2.75, 3.05) is 7.11 Å². The normalized spacial score (nSPS) is 17.3. The van der Waals surface area contributed by atoms with Gasteiger partial charge in [-0.15, -0.1) is 0 Å². The molecular weight excluding hydrogens is 278 g/mol. The SMILES string of the molecule is COc1ccc(-c2nc(C)c3n2C[C@H](C(C)C)NC3=O)cc1. The summed E-state index contributed by atoms with van der Waals surface area (Å²) < 4.78 is 7.24. The summed E-state index contributed by atoms with van der Waals surface area (Å²) in [5.74, 6) is 2.00. The minimum absolute atomic E-state index is 0.0327. The van der Waals surface area contributed by atoms with E-state index in [4.69, 9.17) is 4.74 Å². The molecule has 0 saturated heterocycles. The van der Waals surface area contributed by atoms with Gasteiger partial charge in [-0.1, -0.05) is 13.8 Å². The van der Waals surface area contributed by atoms with Crippen molar-refractivity contribution in [1.29, 1.82) is 0 Å². The molecule has 0 aliphatic carbocycles. The summed E-state index contributed by atoms with van der Waals surface area (Å²) in [5, 5.41) is 3.08. The molecule has 0 saturated carbocycles. The van der Waals surface area contributed by atoms with Gasteiger partial charge in [-0.3, -0.25) is 4.79 Å². The average molecular weight is 299 g/mol. The largest absolute Gasteiger partial charge is 0.497 e. The molecule has 1 aromatic carbocycles. The Morgan fingerprint density at radius 3 is 2.59 bits per heavy atom. The standard InChI is InChI=1S/C17H21N3O2/c1-10(2)14-9-20-15(17(21)19-14)11(3)18-16(20)12-5-7-13(22-4)8-6-12/h5-8,10,14H,9H2,1-4H3,(H,19,21)/t14-/m1/s1. The minimum Gasteiger partial charge on any atom is -0.497 e. The van der Waals surface area contributed by atoms with Crippen LogP contribution in [0.15, 0.2) is 24.3 Å². The van der Waals surface area contributed by atoms with E-state index in [1.807, 2.05) is 35.8 Å². The Hall–Kier alpha value is -2.30. The third kappa shape index (κ3) is 2.36. The maximum absolute atomic E-state index is 12.4. The van der Waals surface area contributed by atoms with Crippen LogP contribution in [-0.2, 0) is 6.54 Å². The van der Waals surface area contributed by atoms with Crippen LogP contribution >= 0.6 is 0 Å². The van der Waals surface area contributed by atoms with Gasteiger partial charge in [-0.25, -0.2) is 4.98 Å². The first kappa shape index (κ1) is 14.6. The number of methoxy groups -OCH3 is 1. The van der Waals surface area contributed by atoms with Crippen molar-refractivity contribution in [3.05, 3.63) is 35.7 Å². The maximum atomic E-state index is 12.4. The van der Waals surface area contributed by atoms with Crippen LogP contribution in [0, 0.1) is 12.8 Å². The topological polar surface area (TPSA) is 56.1 Å². The zero-order chi connectivity index (χ0) is 15.9. The number of benzene rings is 1. The highest BCUT2D eigenvalue weighted by molar-refractivity contribution is 5.95. The number of imidazole rings is 1. The minimum atomic E-state index is -0.0327. The molecule has 116 valence electrons. The molecule has 5 nitrogen and oxygen atoms in total. The molecule has 5 heteroatoms. The lowest BCUT2D eigenvalue weighted by Crippen LogP contribution is -2.47. The second-order valence-corrected chi connectivity index (χ2v) is 6.03. The fraction of sp³-hybridized carbons (Fsp3) is 0.412. The Kier molecular flexibility index (Phi) is 3.64. The Morgan fingerprint density at radius 1 is 1.32 bits per heavy atom. The van der Waals surface area contributed by atoms with Crippen LogP contribution < -0.4 is 10.1 Å². The summed E-state index contributed by atoms with van der Waals surface area (Å²) in [7, 11) is 1.65. The highest BCUT2D eigenvalue weighted by Crippen LogP contribution is 2.27. The highest BCUT2D eigenvalue weighted by atomic mass is 16.5. The second-order valence-electron chi connectivity index (χ2n) is 6.03. The lowest BCUT2D eigenvalue weighted by atomic mass is 10.0. The molecule has 1 aliphatic heterocycles. The molecule has 1 amide bonds. The molecule has 22 heavy (non-hydrogen) atoms. The summed E-state index contributed by atoms with van der Waals surface area (Å²) in [6, 6.07) is 7.91. The summed E-state index contributed by atoms with van der Waals surface area (Å²) >= 11 is 0. The van der Waals surface area contributed by atoms with E-state index < -0.39 is 0 Å². The molecule has 1 N–H and O–H groups in total. The Bertz CT molecular complexity index is 701. The van der Waals surface area contributed by atoms with Gasteiger partial charge in [-0.05, 0) is 37.1 Å². The summed E-state index contributed by atoms with van der Waals surface area (Å²) in [6.07, 6.45) is 0. The van der Waals surface area contributed by atoms with Crippen molar-refractivity contribution < 1.29 is 9.53 Å². The van der Waals surface area contributed by atoms with Crippen LogP contribution in [0.2, 0.25) is 0 Å². The number of rotatable bonds is 3. The molecule has 0 spiro atoms. The van der Waals surface area contributed by atoms with E-state index in [0.717, 1.165) is 29.4 Å². The van der Waals surface area contributed by atoms with Crippen molar-refractivity contribution in [1.82, 2.24) is 14.9 Å². The van der Waals surface area contributed by atoms with E-state index in [-0.39, 0.29) is 11.9 Å². The first-order valence-corrected chi connectivity index (χ1v) is 7.53. The number of hydrogen-bond donors (Lipinski definition) is 1. The van der Waals surface area contributed by atoms with Crippen LogP contribution in [0.3, 0.4) is 0 Å². The zero-order valence-electron chi connectivity index (χ0n) is 13.4. The van der Waals surface area contributed by atoms with Crippen molar-refractivity contribution in [2.45, 2.75) is 33.4 Å². The van der Waals surface area contributed by atoms with Gasteiger partial charge < -0.3 is 14.6 Å². The number of fused-ring (bicyclic) bond motifs is 1. The number of carbonyl (C=O) groups is 1. The molecule has 3 rings (SSSR count). The molecular formula is C17H21N3O2. The van der Waals surface area contributed by atoms with E-state index in [0.29, 0.717) is 11.6 Å². The molecule has 0 radical (unpaired) electrons. The summed E-state index contributed by atoms with van der Waals surface area (Å²) in [5.41, 5.74) is 2.43. The molecule has 1 aromatic heterocycles. The van der Waals surface area contributed by atoms with Gasteiger partial charge in [-0.2, -0.15) is 0 Å². The number of nitrogens with one attached hydrogen (secondary N) is 1. The van der Waals surface area contributed by atoms with E-state index >= 15 is 0 Å². The molecule has 0 fully saturated rings. The monoisotopic (exact) mass is 299 g/mol. The number of amides is 1. The Morgan fingerprint density at radius 2 is 2.00 bits per heavy atom. The van der Waals surface area contributed by atoms with Gasteiger partial charge in [0.05, 0.1) is 12.8 Å². The first-order chi connectivity index (χ1) is 10.5. The quantitative estimate of drug-likeness (QED) is 0.948. The number of carbonyl (C=O) groups excluding carboxylic acids is 1. The van der Waals surface area contributed by atoms with Gasteiger partial charge in [0.2, 0.25) is 0 Å².